The maximum Gasteiger partial charge on any atom is 0.224 e. The van der Waals surface area contributed by atoms with Gasteiger partial charge in [0.1, 0.15) is 0 Å². The summed E-state index contributed by atoms with van der Waals surface area (Å²) in [5.41, 5.74) is 2.18. The van der Waals surface area contributed by atoms with Gasteiger partial charge in [-0.2, -0.15) is 0 Å². The molecule has 0 radical (unpaired) electrons. The average Bonchev–Trinajstić information content (AvgIpc) is 3.14. The Labute approximate surface area is 144 Å². The van der Waals surface area contributed by atoms with Crippen LogP contribution >= 0.6 is 0 Å². The molecule has 24 heavy (non-hydrogen) atoms. The van der Waals surface area contributed by atoms with Gasteiger partial charge in [0.15, 0.2) is 0 Å². The Hall–Kier alpha value is -1.43. The Morgan fingerprint density at radius 1 is 1.33 bits per heavy atom. The van der Waals surface area contributed by atoms with Gasteiger partial charge < -0.3 is 15.4 Å². The molecule has 0 aromatic heterocycles. The van der Waals surface area contributed by atoms with E-state index in [2.05, 4.69) is 34.6 Å². The summed E-state index contributed by atoms with van der Waals surface area (Å²) >= 11 is 0. The lowest BCUT2D eigenvalue weighted by molar-refractivity contribution is -0.116. The summed E-state index contributed by atoms with van der Waals surface area (Å²) in [6.45, 7) is 7.97. The van der Waals surface area contributed by atoms with E-state index in [9.17, 15) is 4.79 Å². The van der Waals surface area contributed by atoms with Gasteiger partial charge in [-0.1, -0.05) is 12.1 Å². The van der Waals surface area contributed by atoms with Crippen molar-refractivity contribution in [2.45, 2.75) is 32.2 Å². The van der Waals surface area contributed by atoms with Crippen LogP contribution in [0.1, 0.15) is 37.8 Å². The number of benzene rings is 1. The summed E-state index contributed by atoms with van der Waals surface area (Å²) in [4.78, 5) is 14.5. The maximum atomic E-state index is 12.1. The minimum Gasteiger partial charge on any atom is -0.379 e. The monoisotopic (exact) mass is 331 g/mol. The summed E-state index contributed by atoms with van der Waals surface area (Å²) in [5, 5.41) is 6.36. The highest BCUT2D eigenvalue weighted by Gasteiger charge is 2.18. The number of amides is 1. The third kappa shape index (κ3) is 4.79. The lowest BCUT2D eigenvalue weighted by atomic mass is 10.0. The molecule has 1 amide bonds. The average molecular weight is 331 g/mol. The van der Waals surface area contributed by atoms with Gasteiger partial charge in [-0.25, -0.2) is 0 Å². The smallest absolute Gasteiger partial charge is 0.224 e. The summed E-state index contributed by atoms with van der Waals surface area (Å²) in [6, 6.07) is 8.66. The van der Waals surface area contributed by atoms with E-state index < -0.39 is 0 Å². The number of carbonyl (C=O) groups is 1. The van der Waals surface area contributed by atoms with Crippen molar-refractivity contribution in [2.24, 2.45) is 5.92 Å². The predicted octanol–water partition coefficient (Wildman–Crippen LogP) is 2.41. The van der Waals surface area contributed by atoms with Crippen LogP contribution in [-0.2, 0) is 9.53 Å². The summed E-state index contributed by atoms with van der Waals surface area (Å²) in [6.07, 6.45) is 2.78. The Kier molecular flexibility index (Phi) is 6.24. The van der Waals surface area contributed by atoms with E-state index >= 15 is 0 Å². The number of anilines is 1. The van der Waals surface area contributed by atoms with Crippen LogP contribution < -0.4 is 10.6 Å². The molecule has 2 fully saturated rings. The first-order chi connectivity index (χ1) is 11.7. The Bertz CT molecular complexity index is 520. The maximum absolute atomic E-state index is 12.1. The van der Waals surface area contributed by atoms with E-state index in [1.54, 1.807) is 0 Å². The summed E-state index contributed by atoms with van der Waals surface area (Å²) in [7, 11) is 0. The summed E-state index contributed by atoms with van der Waals surface area (Å²) < 4.78 is 5.42. The molecule has 2 heterocycles. The van der Waals surface area contributed by atoms with E-state index in [1.165, 1.54) is 12.0 Å². The molecule has 1 aromatic rings. The molecular weight excluding hydrogens is 302 g/mol. The zero-order valence-corrected chi connectivity index (χ0v) is 14.6. The summed E-state index contributed by atoms with van der Waals surface area (Å²) in [5.74, 6) is 0.781. The van der Waals surface area contributed by atoms with Gasteiger partial charge in [0, 0.05) is 31.2 Å². The molecule has 1 aromatic carbocycles. The molecule has 5 heteroatoms. The van der Waals surface area contributed by atoms with Gasteiger partial charge in [0.2, 0.25) is 5.91 Å². The van der Waals surface area contributed by atoms with Gasteiger partial charge in [0.25, 0.3) is 0 Å². The molecule has 5 nitrogen and oxygen atoms in total. The Morgan fingerprint density at radius 2 is 2.08 bits per heavy atom. The van der Waals surface area contributed by atoms with Crippen molar-refractivity contribution in [3.8, 4) is 0 Å². The minimum absolute atomic E-state index is 0.121. The van der Waals surface area contributed by atoms with E-state index in [0.29, 0.717) is 18.4 Å². The van der Waals surface area contributed by atoms with Crippen LogP contribution in [0.4, 0.5) is 5.69 Å². The first-order valence-electron chi connectivity index (χ1n) is 9.14. The number of carbonyl (C=O) groups excluding carboxylic acids is 1. The predicted molar refractivity (Wildman–Crippen MR) is 96.1 cm³/mol. The van der Waals surface area contributed by atoms with E-state index in [1.807, 2.05) is 12.1 Å². The third-order valence-electron chi connectivity index (χ3n) is 5.21. The van der Waals surface area contributed by atoms with E-state index in [4.69, 9.17) is 4.74 Å². The fraction of sp³-hybridized carbons (Fsp3) is 0.632. The van der Waals surface area contributed by atoms with E-state index in [0.717, 1.165) is 51.5 Å². The zero-order chi connectivity index (χ0) is 16.8. The molecule has 0 saturated carbocycles. The van der Waals surface area contributed by atoms with Crippen LogP contribution in [0.5, 0.6) is 0 Å². The van der Waals surface area contributed by atoms with Crippen LogP contribution in [0.3, 0.4) is 0 Å². The molecular formula is C19H29N3O2. The number of rotatable bonds is 6. The number of ether oxygens (including phenoxy) is 1. The largest absolute Gasteiger partial charge is 0.379 e. The lowest BCUT2D eigenvalue weighted by Gasteiger charge is -2.32. The van der Waals surface area contributed by atoms with Crippen molar-refractivity contribution in [3.05, 3.63) is 29.8 Å². The first kappa shape index (κ1) is 17.4. The molecule has 0 bridgehead atoms. The molecule has 2 aliphatic rings. The number of hydrogen-bond acceptors (Lipinski definition) is 4. The molecule has 3 rings (SSSR count). The zero-order valence-electron chi connectivity index (χ0n) is 14.6. The second-order valence-corrected chi connectivity index (χ2v) is 6.89. The Morgan fingerprint density at radius 3 is 2.75 bits per heavy atom. The van der Waals surface area contributed by atoms with Gasteiger partial charge in [-0.15, -0.1) is 0 Å². The van der Waals surface area contributed by atoms with Crippen molar-refractivity contribution in [3.63, 3.8) is 0 Å². The van der Waals surface area contributed by atoms with Gasteiger partial charge >= 0.3 is 0 Å². The lowest BCUT2D eigenvalue weighted by Crippen LogP contribution is -2.37. The van der Waals surface area contributed by atoms with Gasteiger partial charge in [-0.3, -0.25) is 9.69 Å². The Balaban J connectivity index is 1.47. The second-order valence-electron chi connectivity index (χ2n) is 6.89. The molecule has 132 valence electrons. The third-order valence-corrected chi connectivity index (χ3v) is 5.21. The van der Waals surface area contributed by atoms with Crippen LogP contribution in [-0.4, -0.2) is 50.2 Å². The molecule has 2 aliphatic heterocycles. The fourth-order valence-corrected chi connectivity index (χ4v) is 3.54. The normalized spacial score (nSPS) is 23.1. The molecule has 0 spiro atoms. The van der Waals surface area contributed by atoms with Crippen molar-refractivity contribution in [1.29, 1.82) is 0 Å². The quantitative estimate of drug-likeness (QED) is 0.840. The van der Waals surface area contributed by atoms with Crippen molar-refractivity contribution < 1.29 is 9.53 Å². The van der Waals surface area contributed by atoms with E-state index in [-0.39, 0.29) is 5.91 Å². The number of morpholine rings is 1. The number of nitrogens with one attached hydrogen (secondary N) is 2. The second kappa shape index (κ2) is 8.60. The van der Waals surface area contributed by atoms with Crippen molar-refractivity contribution in [2.75, 3.05) is 44.7 Å². The molecule has 2 unspecified atom stereocenters. The topological polar surface area (TPSA) is 53.6 Å². The number of hydrogen-bond donors (Lipinski definition) is 2. The van der Waals surface area contributed by atoms with Crippen molar-refractivity contribution >= 4 is 11.6 Å². The fourth-order valence-electron chi connectivity index (χ4n) is 3.54. The van der Waals surface area contributed by atoms with Crippen LogP contribution in [0.15, 0.2) is 24.3 Å². The molecule has 2 atom stereocenters. The van der Waals surface area contributed by atoms with Crippen LogP contribution in [0, 0.1) is 5.92 Å². The minimum atomic E-state index is 0.121. The van der Waals surface area contributed by atoms with Crippen LogP contribution in [0.2, 0.25) is 0 Å². The highest BCUT2D eigenvalue weighted by molar-refractivity contribution is 5.90. The molecule has 2 saturated heterocycles. The molecule has 0 aliphatic carbocycles. The highest BCUT2D eigenvalue weighted by atomic mass is 16.5. The SMILES string of the molecule is CC(c1ccc(NC(=O)CCC2CCNC2)cc1)N1CCOCC1. The standard InChI is InChI=1S/C19H29N3O2/c1-15(22-10-12-24-13-11-22)17-3-5-18(6-4-17)21-19(23)7-2-16-8-9-20-14-16/h3-6,15-16,20H,2,7-14H2,1H3,(H,21,23). The van der Waals surface area contributed by atoms with Crippen LogP contribution in [0.25, 0.3) is 0 Å². The van der Waals surface area contributed by atoms with Gasteiger partial charge in [-0.05, 0) is 56.5 Å². The molecule has 2 N–H and O–H groups in total. The van der Waals surface area contributed by atoms with Gasteiger partial charge in [0.05, 0.1) is 13.2 Å². The number of nitrogens with zero attached hydrogens (tertiary/aromatic N) is 1. The first-order valence-corrected chi connectivity index (χ1v) is 9.14. The van der Waals surface area contributed by atoms with Crippen molar-refractivity contribution in [1.82, 2.24) is 10.2 Å². The highest BCUT2D eigenvalue weighted by Crippen LogP contribution is 2.23.